The summed E-state index contributed by atoms with van der Waals surface area (Å²) >= 11 is 0. The quantitative estimate of drug-likeness (QED) is 0.533. The van der Waals surface area contributed by atoms with Gasteiger partial charge in [-0.2, -0.15) is 18.3 Å². The lowest BCUT2D eigenvalue weighted by molar-refractivity contribution is -0.383. The predicted octanol–water partition coefficient (Wildman–Crippen LogP) is 2.44. The average Bonchev–Trinajstić information content (AvgIpc) is 2.80. The molecule has 2 rings (SSSR count). The Balaban J connectivity index is 2.29. The number of nitro groups is 1. The van der Waals surface area contributed by atoms with Crippen molar-refractivity contribution in [3.05, 3.63) is 51.8 Å². The number of aromatic nitrogens is 2. The van der Waals surface area contributed by atoms with Gasteiger partial charge < -0.3 is 5.73 Å². The number of nitrogens with zero attached hydrogens (tertiary/aromatic N) is 3. The van der Waals surface area contributed by atoms with Crippen molar-refractivity contribution in [1.29, 1.82) is 0 Å². The number of nitrogens with two attached hydrogens (primary N) is 1. The van der Waals surface area contributed by atoms with Gasteiger partial charge in [-0.05, 0) is 0 Å². The molecule has 0 aliphatic heterocycles. The fourth-order valence-electron chi connectivity index (χ4n) is 1.67. The van der Waals surface area contributed by atoms with Gasteiger partial charge in [0.2, 0.25) is 0 Å². The zero-order valence-electron chi connectivity index (χ0n) is 9.96. The maximum absolute atomic E-state index is 12.4. The molecule has 106 valence electrons. The highest BCUT2D eigenvalue weighted by atomic mass is 19.4. The molecule has 1 aromatic heterocycles. The Kier molecular flexibility index (Phi) is 3.35. The Labute approximate surface area is 110 Å². The van der Waals surface area contributed by atoms with Crippen LogP contribution in [0.15, 0.2) is 30.6 Å². The molecular formula is C11H9F3N4O2. The van der Waals surface area contributed by atoms with Gasteiger partial charge in [-0.25, -0.2) is 0 Å². The van der Waals surface area contributed by atoms with Gasteiger partial charge in [-0.3, -0.25) is 14.8 Å². The number of para-hydroxylation sites is 1. The molecule has 1 aromatic carbocycles. The lowest BCUT2D eigenvalue weighted by atomic mass is 10.1. The summed E-state index contributed by atoms with van der Waals surface area (Å²) in [4.78, 5) is 10.1. The molecule has 0 aliphatic carbocycles. The molecule has 2 aromatic rings. The lowest BCUT2D eigenvalue weighted by Gasteiger charge is -2.06. The first kappa shape index (κ1) is 13.8. The van der Waals surface area contributed by atoms with E-state index in [1.165, 1.54) is 18.2 Å². The lowest BCUT2D eigenvalue weighted by Crippen LogP contribution is -2.06. The number of hydrogen-bond acceptors (Lipinski definition) is 4. The van der Waals surface area contributed by atoms with Gasteiger partial charge in [0, 0.05) is 17.8 Å². The fourth-order valence-corrected chi connectivity index (χ4v) is 1.67. The molecule has 0 atom stereocenters. The highest BCUT2D eigenvalue weighted by molar-refractivity contribution is 5.62. The smallest absolute Gasteiger partial charge is 0.393 e. The second-order valence-electron chi connectivity index (χ2n) is 4.03. The van der Waals surface area contributed by atoms with Gasteiger partial charge in [0.05, 0.1) is 23.2 Å². The molecule has 0 fully saturated rings. The second kappa shape index (κ2) is 4.83. The van der Waals surface area contributed by atoms with Crippen LogP contribution in [0.5, 0.6) is 0 Å². The highest BCUT2D eigenvalue weighted by Gasteiger charge is 2.32. The summed E-state index contributed by atoms with van der Waals surface area (Å²) in [5.74, 6) is 0. The molecule has 0 aliphatic rings. The van der Waals surface area contributed by atoms with E-state index in [0.29, 0.717) is 11.8 Å². The second-order valence-corrected chi connectivity index (χ2v) is 4.03. The number of anilines is 1. The van der Waals surface area contributed by atoms with Gasteiger partial charge in [0.25, 0.3) is 5.69 Å². The SMILES string of the molecule is Nc1c(Cn2cc(C(F)(F)F)cn2)cccc1[N+](=O)[O-]. The molecule has 6 nitrogen and oxygen atoms in total. The van der Waals surface area contributed by atoms with E-state index < -0.39 is 16.7 Å². The summed E-state index contributed by atoms with van der Waals surface area (Å²) in [6.45, 7) is -0.0798. The van der Waals surface area contributed by atoms with Crippen LogP contribution in [0.3, 0.4) is 0 Å². The van der Waals surface area contributed by atoms with Crippen molar-refractivity contribution >= 4 is 11.4 Å². The van der Waals surface area contributed by atoms with Crippen LogP contribution >= 0.6 is 0 Å². The van der Waals surface area contributed by atoms with Crippen LogP contribution in [0.2, 0.25) is 0 Å². The third kappa shape index (κ3) is 2.71. The van der Waals surface area contributed by atoms with Crippen molar-refractivity contribution in [1.82, 2.24) is 9.78 Å². The van der Waals surface area contributed by atoms with Crippen molar-refractivity contribution in [2.24, 2.45) is 0 Å². The van der Waals surface area contributed by atoms with E-state index in [9.17, 15) is 23.3 Å². The molecule has 0 unspecified atom stereocenters. The molecule has 0 saturated carbocycles. The van der Waals surface area contributed by atoms with Crippen molar-refractivity contribution < 1.29 is 18.1 Å². The molecule has 9 heteroatoms. The first-order valence-corrected chi connectivity index (χ1v) is 5.40. The number of rotatable bonds is 3. The van der Waals surface area contributed by atoms with Gasteiger partial charge in [-0.1, -0.05) is 12.1 Å². The number of alkyl halides is 3. The molecule has 1 heterocycles. The minimum Gasteiger partial charge on any atom is -0.393 e. The number of benzene rings is 1. The van der Waals surface area contributed by atoms with Crippen LogP contribution in [0.4, 0.5) is 24.5 Å². The third-order valence-electron chi connectivity index (χ3n) is 2.66. The van der Waals surface area contributed by atoms with Crippen molar-refractivity contribution in [3.63, 3.8) is 0 Å². The van der Waals surface area contributed by atoms with Crippen LogP contribution in [0.25, 0.3) is 0 Å². The van der Waals surface area contributed by atoms with Crippen LogP contribution in [0.1, 0.15) is 11.1 Å². The maximum atomic E-state index is 12.4. The van der Waals surface area contributed by atoms with Crippen LogP contribution < -0.4 is 5.73 Å². The van der Waals surface area contributed by atoms with E-state index >= 15 is 0 Å². The van der Waals surface area contributed by atoms with Gasteiger partial charge in [0.15, 0.2) is 0 Å². The summed E-state index contributed by atoms with van der Waals surface area (Å²) < 4.78 is 38.3. The third-order valence-corrected chi connectivity index (χ3v) is 2.66. The predicted molar refractivity (Wildman–Crippen MR) is 63.8 cm³/mol. The molecule has 0 radical (unpaired) electrons. The van der Waals surface area contributed by atoms with E-state index in [4.69, 9.17) is 5.73 Å². The summed E-state index contributed by atoms with van der Waals surface area (Å²) in [5.41, 5.74) is 4.69. The normalized spacial score (nSPS) is 11.6. The zero-order valence-corrected chi connectivity index (χ0v) is 9.96. The number of nitrogen functional groups attached to an aromatic ring is 1. The Hall–Kier alpha value is -2.58. The van der Waals surface area contributed by atoms with Crippen molar-refractivity contribution in [3.8, 4) is 0 Å². The summed E-state index contributed by atoms with van der Waals surface area (Å²) in [6, 6.07) is 4.14. The summed E-state index contributed by atoms with van der Waals surface area (Å²) in [7, 11) is 0. The highest BCUT2D eigenvalue weighted by Crippen LogP contribution is 2.29. The molecule has 0 amide bonds. The van der Waals surface area contributed by atoms with Crippen LogP contribution in [0, 0.1) is 10.1 Å². The molecule has 0 spiro atoms. The van der Waals surface area contributed by atoms with Gasteiger partial charge in [-0.15, -0.1) is 0 Å². The molecule has 2 N–H and O–H groups in total. The number of halogens is 3. The molecular weight excluding hydrogens is 277 g/mol. The first-order chi connectivity index (χ1) is 9.29. The minimum atomic E-state index is -4.48. The molecule has 0 bridgehead atoms. The topological polar surface area (TPSA) is 87.0 Å². The van der Waals surface area contributed by atoms with E-state index in [1.54, 1.807) is 0 Å². The van der Waals surface area contributed by atoms with Crippen molar-refractivity contribution in [2.45, 2.75) is 12.7 Å². The van der Waals surface area contributed by atoms with E-state index in [1.807, 2.05) is 0 Å². The Morgan fingerprint density at radius 2 is 2.10 bits per heavy atom. The molecule has 0 saturated heterocycles. The fraction of sp³-hybridized carbons (Fsp3) is 0.182. The summed E-state index contributed by atoms with van der Waals surface area (Å²) in [6.07, 6.45) is -2.97. The first-order valence-electron chi connectivity index (χ1n) is 5.40. The van der Waals surface area contributed by atoms with Crippen LogP contribution in [-0.2, 0) is 12.7 Å². The largest absolute Gasteiger partial charge is 0.419 e. The van der Waals surface area contributed by atoms with E-state index in [-0.39, 0.29) is 17.9 Å². The Morgan fingerprint density at radius 3 is 2.65 bits per heavy atom. The minimum absolute atomic E-state index is 0.0798. The maximum Gasteiger partial charge on any atom is 0.419 e. The Bertz CT molecular complexity index is 651. The Morgan fingerprint density at radius 1 is 1.40 bits per heavy atom. The van der Waals surface area contributed by atoms with Crippen molar-refractivity contribution in [2.75, 3.05) is 5.73 Å². The summed E-state index contributed by atoms with van der Waals surface area (Å²) in [5, 5.41) is 14.3. The number of nitro benzene ring substituents is 1. The number of hydrogen-bond donors (Lipinski definition) is 1. The monoisotopic (exact) mass is 286 g/mol. The van der Waals surface area contributed by atoms with Crippen LogP contribution in [-0.4, -0.2) is 14.7 Å². The van der Waals surface area contributed by atoms with E-state index in [2.05, 4.69) is 5.10 Å². The van der Waals surface area contributed by atoms with Gasteiger partial charge >= 0.3 is 6.18 Å². The zero-order chi connectivity index (χ0) is 14.9. The average molecular weight is 286 g/mol. The molecule has 20 heavy (non-hydrogen) atoms. The standard InChI is InChI=1S/C11H9F3N4O2/c12-11(13,14)8-4-16-17(6-8)5-7-2-1-3-9(10(7)15)18(19)20/h1-4,6H,5,15H2. The van der Waals surface area contributed by atoms with Gasteiger partial charge in [0.1, 0.15) is 5.69 Å². The van der Waals surface area contributed by atoms with E-state index in [0.717, 1.165) is 10.9 Å².